The number of hydrogen-bond acceptors (Lipinski definition) is 10. The van der Waals surface area contributed by atoms with E-state index >= 15 is 0 Å². The highest BCUT2D eigenvalue weighted by molar-refractivity contribution is 7.85. The number of aromatic nitrogens is 1. The Morgan fingerprint density at radius 1 is 0.912 bits per heavy atom. The number of nitrogens with zero attached hydrogens (tertiary/aromatic N) is 5. The van der Waals surface area contributed by atoms with Gasteiger partial charge in [-0.1, -0.05) is 22.7 Å². The molecular weight excluding hydrogens is 513 g/mol. The van der Waals surface area contributed by atoms with Crippen LogP contribution in [-0.4, -0.2) is 23.8 Å². The number of thiazole rings is 1. The van der Waals surface area contributed by atoms with Crippen molar-refractivity contribution in [2.24, 2.45) is 20.5 Å². The molecule has 0 aliphatic carbocycles. The number of anilines is 1. The summed E-state index contributed by atoms with van der Waals surface area (Å²) in [7, 11) is -4.12. The Kier molecular flexibility index (Phi) is 6.70. The maximum Gasteiger partial charge on any atom is 0.416 e. The number of hydrogen-bond donors (Lipinski definition) is 2. The summed E-state index contributed by atoms with van der Waals surface area (Å²) in [5.41, 5.74) is 0.552. The Bertz CT molecular complexity index is 1430. The van der Waals surface area contributed by atoms with Crippen LogP contribution in [0.25, 0.3) is 9.53 Å². The molecule has 176 valence electrons. The molecule has 34 heavy (non-hydrogen) atoms. The molecule has 0 radical (unpaired) electrons. The fraction of sp³-hybridized carbons (Fsp3) is 0.105. The van der Waals surface area contributed by atoms with Gasteiger partial charge in [0.1, 0.15) is 15.7 Å². The van der Waals surface area contributed by atoms with Crippen LogP contribution in [0.1, 0.15) is 5.56 Å². The predicted molar refractivity (Wildman–Crippen MR) is 124 cm³/mol. The molecule has 4 aromatic rings. The topological polar surface area (TPSA) is 129 Å². The van der Waals surface area contributed by atoms with Gasteiger partial charge >= 0.3 is 6.18 Å². The van der Waals surface area contributed by atoms with E-state index in [1.807, 2.05) is 0 Å². The van der Waals surface area contributed by atoms with E-state index in [4.69, 9.17) is 4.55 Å². The molecule has 4 rings (SSSR count). The zero-order valence-electron chi connectivity index (χ0n) is 16.8. The lowest BCUT2D eigenvalue weighted by atomic mass is 10.2. The fourth-order valence-electron chi connectivity index (χ4n) is 2.55. The number of alkyl halides is 3. The first-order valence-electron chi connectivity index (χ1n) is 9.25. The van der Waals surface area contributed by atoms with Crippen LogP contribution in [0, 0.1) is 0 Å². The van der Waals surface area contributed by atoms with Gasteiger partial charge in [-0.3, -0.25) is 4.55 Å². The quantitative estimate of drug-likeness (QED) is 0.191. The highest BCUT2D eigenvalue weighted by Crippen LogP contribution is 2.39. The van der Waals surface area contributed by atoms with Crippen LogP contribution in [0.4, 0.5) is 40.4 Å². The van der Waals surface area contributed by atoms with E-state index in [0.29, 0.717) is 32.0 Å². The molecule has 9 nitrogen and oxygen atoms in total. The minimum Gasteiger partial charge on any atom is -0.370 e. The van der Waals surface area contributed by atoms with Crippen molar-refractivity contribution in [3.05, 3.63) is 60.2 Å². The maximum atomic E-state index is 12.6. The molecule has 0 fully saturated rings. The molecule has 0 saturated heterocycles. The molecular formula is C19H13F3N6O3S3. The van der Waals surface area contributed by atoms with Gasteiger partial charge < -0.3 is 5.32 Å². The summed E-state index contributed by atoms with van der Waals surface area (Å²) in [6, 6.07) is 12.6. The summed E-state index contributed by atoms with van der Waals surface area (Å²) in [5.74, 6) is -0.602. The van der Waals surface area contributed by atoms with Crippen LogP contribution in [0.3, 0.4) is 0 Å². The Morgan fingerprint density at radius 2 is 1.53 bits per heavy atom. The van der Waals surface area contributed by atoms with E-state index in [1.54, 1.807) is 30.3 Å². The first-order valence-corrected chi connectivity index (χ1v) is 12.5. The number of halogens is 3. The second kappa shape index (κ2) is 9.54. The minimum atomic E-state index is -4.40. The van der Waals surface area contributed by atoms with Gasteiger partial charge in [-0.15, -0.1) is 20.5 Å². The van der Waals surface area contributed by atoms with Crippen molar-refractivity contribution in [2.45, 2.75) is 6.18 Å². The molecule has 0 atom stereocenters. The van der Waals surface area contributed by atoms with Crippen molar-refractivity contribution < 1.29 is 26.1 Å². The zero-order chi connectivity index (χ0) is 24.3. The van der Waals surface area contributed by atoms with E-state index in [9.17, 15) is 21.6 Å². The molecule has 0 amide bonds. The summed E-state index contributed by atoms with van der Waals surface area (Å²) in [5, 5.41) is 19.7. The number of azo groups is 2. The average molecular weight is 527 g/mol. The van der Waals surface area contributed by atoms with E-state index in [2.05, 4.69) is 30.8 Å². The second-order valence-electron chi connectivity index (χ2n) is 6.65. The van der Waals surface area contributed by atoms with Crippen LogP contribution in [0.2, 0.25) is 0 Å². The molecule has 2 N–H and O–H groups in total. The van der Waals surface area contributed by atoms with E-state index in [1.165, 1.54) is 34.8 Å². The molecule has 0 aliphatic heterocycles. The zero-order valence-corrected chi connectivity index (χ0v) is 19.2. The third-order valence-corrected chi connectivity index (χ3v) is 6.54. The third kappa shape index (κ3) is 6.40. The van der Waals surface area contributed by atoms with Gasteiger partial charge in [-0.05, 0) is 54.6 Å². The largest absolute Gasteiger partial charge is 0.416 e. The number of benzene rings is 2. The van der Waals surface area contributed by atoms with Gasteiger partial charge in [-0.2, -0.15) is 21.6 Å². The summed E-state index contributed by atoms with van der Waals surface area (Å²) >= 11 is 2.54. The molecule has 0 spiro atoms. The monoisotopic (exact) mass is 526 g/mol. The van der Waals surface area contributed by atoms with E-state index in [0.717, 1.165) is 16.8 Å². The number of thiophene rings is 1. The first kappa shape index (κ1) is 23.9. The lowest BCUT2D eigenvalue weighted by molar-refractivity contribution is -0.137. The maximum absolute atomic E-state index is 12.6. The van der Waals surface area contributed by atoms with Crippen LogP contribution < -0.4 is 5.32 Å². The first-order chi connectivity index (χ1) is 16.0. The van der Waals surface area contributed by atoms with E-state index in [-0.39, 0.29) is 0 Å². The van der Waals surface area contributed by atoms with Gasteiger partial charge in [0.2, 0.25) is 5.13 Å². The molecule has 2 aromatic carbocycles. The lowest BCUT2D eigenvalue weighted by Crippen LogP contribution is -2.12. The van der Waals surface area contributed by atoms with Gasteiger partial charge in [-0.25, -0.2) is 4.98 Å². The molecule has 2 heterocycles. The van der Waals surface area contributed by atoms with Crippen LogP contribution in [0.15, 0.2) is 75.1 Å². The van der Waals surface area contributed by atoms with Gasteiger partial charge in [0, 0.05) is 5.69 Å². The number of nitrogens with one attached hydrogen (secondary N) is 1. The smallest absolute Gasteiger partial charge is 0.370 e. The Morgan fingerprint density at radius 3 is 2.12 bits per heavy atom. The number of rotatable bonds is 7. The highest BCUT2D eigenvalue weighted by atomic mass is 32.2. The molecule has 2 aromatic heterocycles. The summed E-state index contributed by atoms with van der Waals surface area (Å²) in [6.07, 6.45) is -4.40. The third-order valence-electron chi connectivity index (χ3n) is 4.10. The molecule has 15 heteroatoms. The van der Waals surface area contributed by atoms with Crippen molar-refractivity contribution in [3.8, 4) is 0 Å². The van der Waals surface area contributed by atoms with Crippen molar-refractivity contribution >= 4 is 69.5 Å². The van der Waals surface area contributed by atoms with Crippen molar-refractivity contribution in [1.82, 2.24) is 4.98 Å². The lowest BCUT2D eigenvalue weighted by Gasteiger charge is -2.05. The van der Waals surface area contributed by atoms with Crippen molar-refractivity contribution in [3.63, 3.8) is 0 Å². The minimum absolute atomic E-state index is 0.298. The molecule has 0 aliphatic rings. The van der Waals surface area contributed by atoms with Crippen molar-refractivity contribution in [1.29, 1.82) is 0 Å². The van der Waals surface area contributed by atoms with Crippen molar-refractivity contribution in [2.75, 3.05) is 11.2 Å². The summed E-state index contributed by atoms with van der Waals surface area (Å²) in [4.78, 5) is 5.03. The fourth-order valence-corrected chi connectivity index (χ4v) is 4.75. The molecule has 0 saturated carbocycles. The summed E-state index contributed by atoms with van der Waals surface area (Å²) in [6.45, 7) is 0. The van der Waals surface area contributed by atoms with Crippen LogP contribution in [-0.2, 0) is 16.3 Å². The highest BCUT2D eigenvalue weighted by Gasteiger charge is 2.29. The van der Waals surface area contributed by atoms with Gasteiger partial charge in [0.25, 0.3) is 10.1 Å². The standard InChI is InChI=1S/C19H13F3N6O3S3/c20-19(21,22)11-1-3-13(4-2-11)25-27-16-9-15-17(33-16)24-18(32-15)28-26-14-7-5-12(6-8-14)23-10-34(29,30)31/h1-9,23H,10H2,(H,29,30,31). The van der Waals surface area contributed by atoms with Crippen LogP contribution in [0.5, 0.6) is 0 Å². The Labute approximate surface area is 198 Å². The SMILES string of the molecule is O=S(=O)(O)CNc1ccc(N=Nc2nc3sc(N=Nc4ccc(C(F)(F)F)cc4)cc3s2)cc1. The summed E-state index contributed by atoms with van der Waals surface area (Å²) < 4.78 is 68.9. The van der Waals surface area contributed by atoms with E-state index < -0.39 is 27.7 Å². The normalized spacial score (nSPS) is 12.8. The second-order valence-corrected chi connectivity index (χ2v) is 10.1. The Balaban J connectivity index is 1.39. The number of fused-ring (bicyclic) bond motifs is 1. The average Bonchev–Trinajstić information content (AvgIpc) is 3.33. The van der Waals surface area contributed by atoms with Gasteiger partial charge in [0.05, 0.1) is 21.6 Å². The predicted octanol–water partition coefficient (Wildman–Crippen LogP) is 7.46. The Hall–Kier alpha value is -3.27. The van der Waals surface area contributed by atoms with Gasteiger partial charge in [0.15, 0.2) is 0 Å². The molecule has 0 bridgehead atoms. The molecule has 0 unspecified atom stereocenters. The van der Waals surface area contributed by atoms with Crippen LogP contribution >= 0.6 is 22.7 Å².